The van der Waals surface area contributed by atoms with Crippen LogP contribution in [0.3, 0.4) is 0 Å². The van der Waals surface area contributed by atoms with Gasteiger partial charge < -0.3 is 29.5 Å². The molecule has 0 saturated heterocycles. The molecule has 3 amide bonds. The van der Waals surface area contributed by atoms with Crippen molar-refractivity contribution >= 4 is 57.9 Å². The Morgan fingerprint density at radius 2 is 1.50 bits per heavy atom. The summed E-state index contributed by atoms with van der Waals surface area (Å²) in [6.07, 6.45) is 1.27. The quantitative estimate of drug-likeness (QED) is 0.153. The fourth-order valence-corrected chi connectivity index (χ4v) is 5.74. The molecule has 4 aromatic heterocycles. The zero-order chi connectivity index (χ0) is 37.2. The van der Waals surface area contributed by atoms with E-state index in [-0.39, 0.29) is 18.1 Å². The lowest BCUT2D eigenvalue weighted by molar-refractivity contribution is 0.0426. The minimum Gasteiger partial charge on any atom is -0.443 e. The average Bonchev–Trinajstić information content (AvgIpc) is 3.68. The smallest absolute Gasteiger partial charge is 0.435 e. The molecule has 0 radical (unpaired) electrons. The summed E-state index contributed by atoms with van der Waals surface area (Å²) >= 11 is 1.38. The number of nitrogens with one attached hydrogen (secondary N) is 2. The number of anilines is 1. The Hall–Kier alpha value is -5.12. The Morgan fingerprint density at radius 1 is 0.880 bits per heavy atom. The summed E-state index contributed by atoms with van der Waals surface area (Å²) in [7, 11) is 1.70. The van der Waals surface area contributed by atoms with Crippen molar-refractivity contribution in [2.45, 2.75) is 98.5 Å². The normalized spacial score (nSPS) is 12.0. The van der Waals surface area contributed by atoms with Gasteiger partial charge in [0.25, 0.3) is 5.91 Å². The lowest BCUT2D eigenvalue weighted by Gasteiger charge is -2.28. The molecule has 2 N–H and O–H groups in total. The summed E-state index contributed by atoms with van der Waals surface area (Å²) in [5, 5.41) is 16.0. The Labute approximate surface area is 294 Å². The zero-order valence-corrected chi connectivity index (χ0v) is 30.9. The van der Waals surface area contributed by atoms with E-state index in [1.54, 1.807) is 98.3 Å². The number of ether oxygens (including phenoxy) is 3. The van der Waals surface area contributed by atoms with Crippen LogP contribution in [0.15, 0.2) is 30.5 Å². The highest BCUT2D eigenvalue weighted by molar-refractivity contribution is 7.19. The van der Waals surface area contributed by atoms with Crippen LogP contribution in [0.2, 0.25) is 0 Å². The molecule has 0 aromatic carbocycles. The fourth-order valence-electron chi connectivity index (χ4n) is 4.63. The van der Waals surface area contributed by atoms with Crippen molar-refractivity contribution < 1.29 is 33.4 Å². The molecule has 0 fully saturated rings. The van der Waals surface area contributed by atoms with Gasteiger partial charge in [0.05, 0.1) is 27.6 Å². The first-order chi connectivity index (χ1) is 23.2. The highest BCUT2D eigenvalue weighted by atomic mass is 32.1. The van der Waals surface area contributed by atoms with Gasteiger partial charge in [-0.25, -0.2) is 24.4 Å². The van der Waals surface area contributed by atoms with Crippen LogP contribution < -0.4 is 10.2 Å². The molecule has 0 spiro atoms. The van der Waals surface area contributed by atoms with E-state index in [9.17, 15) is 19.2 Å². The van der Waals surface area contributed by atoms with Gasteiger partial charge in [0.1, 0.15) is 28.3 Å². The molecule has 16 heteroatoms. The number of hydrogen-bond donors (Lipinski definition) is 2. The van der Waals surface area contributed by atoms with Crippen molar-refractivity contribution in [2.75, 3.05) is 4.90 Å². The van der Waals surface area contributed by atoms with E-state index in [4.69, 9.17) is 24.6 Å². The summed E-state index contributed by atoms with van der Waals surface area (Å²) in [6, 6.07) is 6.45. The molecular weight excluding hydrogens is 664 g/mol. The molecular formula is C34H44N8O7S. The highest BCUT2D eigenvalue weighted by Crippen LogP contribution is 2.30. The Morgan fingerprint density at radius 3 is 2.08 bits per heavy atom. The number of amides is 3. The van der Waals surface area contributed by atoms with Gasteiger partial charge in [0.2, 0.25) is 0 Å². The fraction of sp³-hybridized carbons (Fsp3) is 0.471. The predicted octanol–water partition coefficient (Wildman–Crippen LogP) is 6.40. The van der Waals surface area contributed by atoms with E-state index in [2.05, 4.69) is 15.4 Å². The van der Waals surface area contributed by atoms with Crippen molar-refractivity contribution in [3.05, 3.63) is 58.1 Å². The van der Waals surface area contributed by atoms with Crippen molar-refractivity contribution in [1.29, 1.82) is 5.41 Å². The molecule has 0 bridgehead atoms. The predicted molar refractivity (Wildman–Crippen MR) is 188 cm³/mol. The third-order valence-electron chi connectivity index (χ3n) is 6.59. The standard InChI is InChI=1S/C34H44N8O7S/c1-32(2,3)47-29(44)41-17-16-20(39-41)14-15-24-38-27-26(50-24)22(18-35)25(40(27)10)28(43)36-19-21-12-11-13-23(37-21)42(30(45)48-33(4,5)6)31(46)49-34(7,8)9/h11-13,16-18,35H,14-15,19H2,1-10H3,(H,36,43). The Kier molecular flexibility index (Phi) is 10.8. The van der Waals surface area contributed by atoms with Gasteiger partial charge in [-0.1, -0.05) is 6.07 Å². The van der Waals surface area contributed by atoms with Crippen LogP contribution in [0.5, 0.6) is 0 Å². The first-order valence-corrected chi connectivity index (χ1v) is 16.7. The lowest BCUT2D eigenvalue weighted by atomic mass is 10.2. The summed E-state index contributed by atoms with van der Waals surface area (Å²) in [5.41, 5.74) is -0.142. The number of carbonyl (C=O) groups is 4. The summed E-state index contributed by atoms with van der Waals surface area (Å²) < 4.78 is 19.7. The van der Waals surface area contributed by atoms with Gasteiger partial charge in [-0.2, -0.15) is 14.7 Å². The van der Waals surface area contributed by atoms with E-state index >= 15 is 0 Å². The SMILES string of the molecule is Cn1c(C(=O)NCc2cccc(N(C(=O)OC(C)(C)C)C(=O)OC(C)(C)C)n2)c(C=N)c2sc(CCc3ccn(C(=O)OC(C)(C)C)n3)nc21. The Balaban J connectivity index is 1.48. The molecule has 0 aliphatic carbocycles. The summed E-state index contributed by atoms with van der Waals surface area (Å²) in [4.78, 5) is 61.8. The van der Waals surface area contributed by atoms with Crippen LogP contribution in [0.4, 0.5) is 20.2 Å². The molecule has 268 valence electrons. The van der Waals surface area contributed by atoms with Gasteiger partial charge >= 0.3 is 18.3 Å². The number of aromatic nitrogens is 5. The molecule has 4 heterocycles. The van der Waals surface area contributed by atoms with E-state index in [0.717, 1.165) is 16.1 Å². The van der Waals surface area contributed by atoms with E-state index in [1.165, 1.54) is 22.1 Å². The average molecular weight is 709 g/mol. The summed E-state index contributed by atoms with van der Waals surface area (Å²) in [6.45, 7) is 15.4. The molecule has 0 unspecified atom stereocenters. The van der Waals surface area contributed by atoms with Gasteiger partial charge in [0.15, 0.2) is 5.65 Å². The van der Waals surface area contributed by atoms with Gasteiger partial charge in [0, 0.05) is 31.4 Å². The number of hydrogen-bond acceptors (Lipinski definition) is 12. The molecule has 0 aliphatic rings. The van der Waals surface area contributed by atoms with E-state index in [1.807, 2.05) is 0 Å². The number of pyridine rings is 1. The monoisotopic (exact) mass is 708 g/mol. The molecule has 0 saturated carbocycles. The minimum atomic E-state index is -0.956. The maximum atomic E-state index is 13.5. The van der Waals surface area contributed by atoms with Crippen molar-refractivity contribution in [1.82, 2.24) is 29.6 Å². The molecule has 15 nitrogen and oxygen atoms in total. The van der Waals surface area contributed by atoms with E-state index in [0.29, 0.717) is 40.1 Å². The largest absolute Gasteiger partial charge is 0.443 e. The number of carbonyl (C=O) groups excluding carboxylic acids is 4. The number of fused-ring (bicyclic) bond motifs is 1. The van der Waals surface area contributed by atoms with E-state index < -0.39 is 41.0 Å². The van der Waals surface area contributed by atoms with Crippen LogP contribution in [0.25, 0.3) is 10.3 Å². The topological polar surface area (TPSA) is 184 Å². The second-order valence-corrected chi connectivity index (χ2v) is 15.5. The zero-order valence-electron chi connectivity index (χ0n) is 30.0. The third-order valence-corrected chi connectivity index (χ3v) is 7.73. The number of imide groups is 1. The second kappa shape index (κ2) is 14.4. The Bertz CT molecular complexity index is 1890. The maximum absolute atomic E-state index is 13.5. The first kappa shape index (κ1) is 37.7. The number of aryl methyl sites for hydroxylation is 3. The second-order valence-electron chi connectivity index (χ2n) is 14.4. The third kappa shape index (κ3) is 9.52. The van der Waals surface area contributed by atoms with Crippen LogP contribution in [0, 0.1) is 5.41 Å². The van der Waals surface area contributed by atoms with Crippen LogP contribution in [-0.4, -0.2) is 71.5 Å². The number of rotatable bonds is 8. The molecule has 4 rings (SSSR count). The maximum Gasteiger partial charge on any atom is 0.435 e. The van der Waals surface area contributed by atoms with Gasteiger partial charge in [-0.3, -0.25) is 4.79 Å². The molecule has 0 aliphatic heterocycles. The number of thiazole rings is 1. The van der Waals surface area contributed by atoms with Crippen molar-refractivity contribution in [3.63, 3.8) is 0 Å². The van der Waals surface area contributed by atoms with Crippen molar-refractivity contribution in [2.24, 2.45) is 7.05 Å². The highest BCUT2D eigenvalue weighted by Gasteiger charge is 2.34. The minimum absolute atomic E-state index is 0.0341. The molecule has 4 aromatic rings. The van der Waals surface area contributed by atoms with Crippen molar-refractivity contribution in [3.8, 4) is 0 Å². The number of nitrogens with zero attached hydrogens (tertiary/aromatic N) is 6. The van der Waals surface area contributed by atoms with Crippen LogP contribution >= 0.6 is 11.3 Å². The molecule has 0 atom stereocenters. The molecule has 50 heavy (non-hydrogen) atoms. The van der Waals surface area contributed by atoms with Crippen LogP contribution in [0.1, 0.15) is 94.8 Å². The van der Waals surface area contributed by atoms with Crippen LogP contribution in [-0.2, 0) is 40.6 Å². The lowest BCUT2D eigenvalue weighted by Crippen LogP contribution is -2.44. The van der Waals surface area contributed by atoms with Gasteiger partial charge in [-0.05, 0) is 86.9 Å². The van der Waals surface area contributed by atoms with Gasteiger partial charge in [-0.15, -0.1) is 11.3 Å². The summed E-state index contributed by atoms with van der Waals surface area (Å²) in [5.74, 6) is -0.498. The first-order valence-electron chi connectivity index (χ1n) is 15.9.